The summed E-state index contributed by atoms with van der Waals surface area (Å²) < 4.78 is 27.3. The second kappa shape index (κ2) is 3.34. The van der Waals surface area contributed by atoms with Crippen molar-refractivity contribution in [2.45, 2.75) is 13.5 Å². The van der Waals surface area contributed by atoms with Crippen molar-refractivity contribution < 1.29 is 13.5 Å². The van der Waals surface area contributed by atoms with Crippen molar-refractivity contribution >= 4 is 5.69 Å². The summed E-state index contributed by atoms with van der Waals surface area (Å²) in [6, 6.07) is 1.27. The number of alkyl halides is 2. The zero-order chi connectivity index (χ0) is 9.14. The van der Waals surface area contributed by atoms with E-state index in [-0.39, 0.29) is 5.88 Å². The van der Waals surface area contributed by atoms with Gasteiger partial charge in [-0.1, -0.05) is 0 Å². The standard InChI is InChI=1S/C7H8F2N2O/c1-4-3-11-6(2-5(4)10)12-7(8)9/h2-3,7H,1H3,(H2,10,11). The fourth-order valence-electron chi connectivity index (χ4n) is 0.675. The summed E-state index contributed by atoms with van der Waals surface area (Å²) in [6.07, 6.45) is 1.38. The monoisotopic (exact) mass is 174 g/mol. The fraction of sp³-hybridized carbons (Fsp3) is 0.286. The normalized spacial score (nSPS) is 10.3. The van der Waals surface area contributed by atoms with Crippen molar-refractivity contribution in [3.8, 4) is 5.88 Å². The lowest BCUT2D eigenvalue weighted by atomic mass is 10.3. The average molecular weight is 174 g/mol. The van der Waals surface area contributed by atoms with Crippen molar-refractivity contribution in [2.75, 3.05) is 5.73 Å². The van der Waals surface area contributed by atoms with Gasteiger partial charge in [-0.05, 0) is 12.5 Å². The molecule has 12 heavy (non-hydrogen) atoms. The highest BCUT2D eigenvalue weighted by molar-refractivity contribution is 5.46. The Labute approximate surface area is 68.2 Å². The van der Waals surface area contributed by atoms with Gasteiger partial charge in [-0.2, -0.15) is 8.78 Å². The van der Waals surface area contributed by atoms with Crippen LogP contribution in [0.2, 0.25) is 0 Å². The van der Waals surface area contributed by atoms with Crippen LogP contribution >= 0.6 is 0 Å². The lowest BCUT2D eigenvalue weighted by Crippen LogP contribution is -2.04. The molecule has 0 saturated carbocycles. The van der Waals surface area contributed by atoms with Crippen molar-refractivity contribution in [1.29, 1.82) is 0 Å². The minimum absolute atomic E-state index is 0.159. The van der Waals surface area contributed by atoms with E-state index in [2.05, 4.69) is 9.72 Å². The van der Waals surface area contributed by atoms with Gasteiger partial charge in [0.05, 0.1) is 0 Å². The zero-order valence-electron chi connectivity index (χ0n) is 6.42. The largest absolute Gasteiger partial charge is 0.417 e. The third-order valence-corrected chi connectivity index (χ3v) is 1.33. The predicted molar refractivity (Wildman–Crippen MR) is 40.0 cm³/mol. The van der Waals surface area contributed by atoms with Gasteiger partial charge in [0.25, 0.3) is 0 Å². The van der Waals surface area contributed by atoms with Gasteiger partial charge in [-0.25, -0.2) is 4.98 Å². The lowest BCUT2D eigenvalue weighted by Gasteiger charge is -2.04. The maximum atomic E-state index is 11.6. The third-order valence-electron chi connectivity index (χ3n) is 1.33. The Kier molecular flexibility index (Phi) is 2.42. The number of hydrogen-bond donors (Lipinski definition) is 1. The van der Waals surface area contributed by atoms with Crippen LogP contribution in [0.3, 0.4) is 0 Å². The molecule has 0 saturated heterocycles. The van der Waals surface area contributed by atoms with Gasteiger partial charge in [-0.3, -0.25) is 0 Å². The summed E-state index contributed by atoms with van der Waals surface area (Å²) in [5.41, 5.74) is 6.55. The first-order valence-corrected chi connectivity index (χ1v) is 3.26. The van der Waals surface area contributed by atoms with Crippen molar-refractivity contribution in [3.63, 3.8) is 0 Å². The van der Waals surface area contributed by atoms with Crippen LogP contribution < -0.4 is 10.5 Å². The second-order valence-electron chi connectivity index (χ2n) is 2.26. The number of halogens is 2. The van der Waals surface area contributed by atoms with Gasteiger partial charge in [0, 0.05) is 18.0 Å². The number of hydrogen-bond acceptors (Lipinski definition) is 3. The molecule has 0 aliphatic carbocycles. The SMILES string of the molecule is Cc1cnc(OC(F)F)cc1N. The van der Waals surface area contributed by atoms with E-state index in [1.165, 1.54) is 12.3 Å². The zero-order valence-corrected chi connectivity index (χ0v) is 6.42. The highest BCUT2D eigenvalue weighted by Gasteiger charge is 2.05. The summed E-state index contributed by atoms with van der Waals surface area (Å²) in [6.45, 7) is -1.13. The molecule has 0 bridgehead atoms. The van der Waals surface area contributed by atoms with Crippen LogP contribution in [0.5, 0.6) is 5.88 Å². The molecule has 1 heterocycles. The van der Waals surface area contributed by atoms with Crippen LogP contribution in [0.4, 0.5) is 14.5 Å². The lowest BCUT2D eigenvalue weighted by molar-refractivity contribution is -0.0528. The molecule has 0 aliphatic heterocycles. The molecule has 0 radical (unpaired) electrons. The number of nitrogens with zero attached hydrogens (tertiary/aromatic N) is 1. The van der Waals surface area contributed by atoms with Gasteiger partial charge in [-0.15, -0.1) is 0 Å². The molecule has 66 valence electrons. The first-order chi connectivity index (χ1) is 5.59. The summed E-state index contributed by atoms with van der Waals surface area (Å²) >= 11 is 0. The van der Waals surface area contributed by atoms with Crippen LogP contribution in [0, 0.1) is 6.92 Å². The van der Waals surface area contributed by atoms with Crippen LogP contribution in [0.15, 0.2) is 12.3 Å². The molecule has 0 unspecified atom stereocenters. The Morgan fingerprint density at radius 1 is 1.58 bits per heavy atom. The number of anilines is 1. The highest BCUT2D eigenvalue weighted by atomic mass is 19.3. The van der Waals surface area contributed by atoms with Crippen LogP contribution in [0.1, 0.15) is 5.56 Å². The third kappa shape index (κ3) is 2.05. The first kappa shape index (κ1) is 8.70. The van der Waals surface area contributed by atoms with E-state index < -0.39 is 6.61 Å². The van der Waals surface area contributed by atoms with Gasteiger partial charge in [0.15, 0.2) is 0 Å². The number of rotatable bonds is 2. The van der Waals surface area contributed by atoms with E-state index >= 15 is 0 Å². The van der Waals surface area contributed by atoms with E-state index in [9.17, 15) is 8.78 Å². The Morgan fingerprint density at radius 2 is 2.25 bits per heavy atom. The van der Waals surface area contributed by atoms with E-state index in [0.29, 0.717) is 5.69 Å². The summed E-state index contributed by atoms with van der Waals surface area (Å²) in [5, 5.41) is 0. The van der Waals surface area contributed by atoms with E-state index in [0.717, 1.165) is 5.56 Å². The topological polar surface area (TPSA) is 48.1 Å². The molecule has 1 aromatic rings. The number of nitrogens with two attached hydrogens (primary N) is 1. The number of aryl methyl sites for hydroxylation is 1. The summed E-state index contributed by atoms with van der Waals surface area (Å²) in [7, 11) is 0. The van der Waals surface area contributed by atoms with E-state index in [1.54, 1.807) is 6.92 Å². The van der Waals surface area contributed by atoms with Crippen molar-refractivity contribution in [2.24, 2.45) is 0 Å². The molecule has 0 aromatic carbocycles. The average Bonchev–Trinajstić information content (AvgIpc) is 1.96. The molecule has 1 aromatic heterocycles. The predicted octanol–water partition coefficient (Wildman–Crippen LogP) is 1.57. The molecule has 2 N–H and O–H groups in total. The molecule has 0 atom stereocenters. The Balaban J connectivity index is 2.82. The fourth-order valence-corrected chi connectivity index (χ4v) is 0.675. The van der Waals surface area contributed by atoms with Crippen LogP contribution in [-0.2, 0) is 0 Å². The molecule has 0 amide bonds. The number of pyridine rings is 1. The molecule has 0 fully saturated rings. The molecular weight excluding hydrogens is 166 g/mol. The van der Waals surface area contributed by atoms with Gasteiger partial charge < -0.3 is 10.5 Å². The van der Waals surface area contributed by atoms with Crippen LogP contribution in [-0.4, -0.2) is 11.6 Å². The molecule has 3 nitrogen and oxygen atoms in total. The molecule has 0 spiro atoms. The van der Waals surface area contributed by atoms with E-state index in [1.807, 2.05) is 0 Å². The second-order valence-corrected chi connectivity index (χ2v) is 2.26. The van der Waals surface area contributed by atoms with Crippen molar-refractivity contribution in [1.82, 2.24) is 4.98 Å². The summed E-state index contributed by atoms with van der Waals surface area (Å²) in [4.78, 5) is 3.60. The smallest absolute Gasteiger partial charge is 0.388 e. The molecule has 5 heteroatoms. The number of nitrogen functional groups attached to an aromatic ring is 1. The number of ether oxygens (including phenoxy) is 1. The van der Waals surface area contributed by atoms with Crippen molar-refractivity contribution in [3.05, 3.63) is 17.8 Å². The minimum atomic E-state index is -2.86. The maximum absolute atomic E-state index is 11.6. The Bertz CT molecular complexity index is 278. The van der Waals surface area contributed by atoms with E-state index in [4.69, 9.17) is 5.73 Å². The Hall–Kier alpha value is -1.39. The molecule has 1 rings (SSSR count). The highest BCUT2D eigenvalue weighted by Crippen LogP contribution is 2.16. The number of aromatic nitrogens is 1. The summed E-state index contributed by atoms with van der Waals surface area (Å²) in [5.74, 6) is -0.159. The maximum Gasteiger partial charge on any atom is 0.388 e. The van der Waals surface area contributed by atoms with Gasteiger partial charge in [0.2, 0.25) is 5.88 Å². The Morgan fingerprint density at radius 3 is 2.75 bits per heavy atom. The molecular formula is C7H8F2N2O. The first-order valence-electron chi connectivity index (χ1n) is 3.26. The molecule has 0 aliphatic rings. The van der Waals surface area contributed by atoms with Crippen LogP contribution in [0.25, 0.3) is 0 Å². The minimum Gasteiger partial charge on any atom is -0.417 e. The van der Waals surface area contributed by atoms with Gasteiger partial charge >= 0.3 is 6.61 Å². The van der Waals surface area contributed by atoms with Gasteiger partial charge in [0.1, 0.15) is 0 Å². The quantitative estimate of drug-likeness (QED) is 0.740.